The fourth-order valence-corrected chi connectivity index (χ4v) is 5.43. The quantitative estimate of drug-likeness (QED) is 0.393. The van der Waals surface area contributed by atoms with Crippen molar-refractivity contribution >= 4 is 28.2 Å². The second-order valence-corrected chi connectivity index (χ2v) is 10.9. The van der Waals surface area contributed by atoms with Crippen molar-refractivity contribution in [1.29, 1.82) is 0 Å². The van der Waals surface area contributed by atoms with Crippen molar-refractivity contribution in [3.8, 4) is 0 Å². The van der Waals surface area contributed by atoms with Crippen LogP contribution in [0.4, 0.5) is 20.3 Å². The van der Waals surface area contributed by atoms with E-state index in [1.807, 2.05) is 43.9 Å². The molecule has 196 valence electrons. The van der Waals surface area contributed by atoms with Crippen molar-refractivity contribution in [1.82, 2.24) is 10.2 Å². The first-order valence-electron chi connectivity index (χ1n) is 12.9. The second-order valence-electron chi connectivity index (χ2n) is 10.9. The van der Waals surface area contributed by atoms with Gasteiger partial charge in [0.2, 0.25) is 0 Å². The van der Waals surface area contributed by atoms with E-state index in [0.717, 1.165) is 46.1 Å². The summed E-state index contributed by atoms with van der Waals surface area (Å²) in [6, 6.07) is 8.92. The van der Waals surface area contributed by atoms with Crippen LogP contribution in [0.1, 0.15) is 74.5 Å². The summed E-state index contributed by atoms with van der Waals surface area (Å²) in [5.41, 5.74) is 2.73. The molecule has 6 nitrogen and oxygen atoms in total. The first-order valence-corrected chi connectivity index (χ1v) is 12.9. The van der Waals surface area contributed by atoms with Gasteiger partial charge in [0.1, 0.15) is 0 Å². The maximum absolute atomic E-state index is 14.9. The van der Waals surface area contributed by atoms with E-state index >= 15 is 0 Å². The Labute approximate surface area is 216 Å². The van der Waals surface area contributed by atoms with Crippen LogP contribution in [0, 0.1) is 19.8 Å². The smallest absolute Gasteiger partial charge is 0.275 e. The summed E-state index contributed by atoms with van der Waals surface area (Å²) in [7, 11) is 1.56. The molecule has 1 aliphatic carbocycles. The molecule has 2 aliphatic rings. The van der Waals surface area contributed by atoms with E-state index in [-0.39, 0.29) is 23.6 Å². The van der Waals surface area contributed by atoms with E-state index in [1.54, 1.807) is 20.1 Å². The lowest BCUT2D eigenvalue weighted by Gasteiger charge is -2.26. The number of alkyl halides is 2. The summed E-state index contributed by atoms with van der Waals surface area (Å²) in [4.78, 5) is 15.3. The molecule has 0 spiro atoms. The normalized spacial score (nSPS) is 20.6. The number of hydrogen-bond donors (Lipinski definition) is 1. The van der Waals surface area contributed by atoms with Gasteiger partial charge in [0.15, 0.2) is 11.4 Å². The first kappa shape index (κ1) is 25.5. The van der Waals surface area contributed by atoms with Crippen molar-refractivity contribution in [2.24, 2.45) is 5.92 Å². The third kappa shape index (κ3) is 3.88. The molecule has 8 heteroatoms. The number of nitrogens with one attached hydrogen (secondary N) is 1. The highest BCUT2D eigenvalue weighted by Crippen LogP contribution is 2.49. The van der Waals surface area contributed by atoms with E-state index < -0.39 is 17.4 Å². The monoisotopic (exact) mass is 508 g/mol. The third-order valence-electron chi connectivity index (χ3n) is 8.08. The van der Waals surface area contributed by atoms with Crippen LogP contribution < -0.4 is 10.2 Å². The number of nitrogens with zero attached hydrogens (tertiary/aromatic N) is 3. The van der Waals surface area contributed by atoms with Crippen LogP contribution in [-0.4, -0.2) is 29.3 Å². The largest absolute Gasteiger partial charge is 0.364 e. The van der Waals surface area contributed by atoms with Gasteiger partial charge in [-0.2, -0.15) is 5.10 Å². The Morgan fingerprint density at radius 3 is 2.46 bits per heavy atom. The first-order chi connectivity index (χ1) is 17.4. The molecule has 2 heterocycles. The van der Waals surface area contributed by atoms with Gasteiger partial charge in [0.05, 0.1) is 17.4 Å². The average molecular weight is 509 g/mol. The molecule has 1 amide bonds. The minimum atomic E-state index is -2.93. The number of methoxy groups -OCH3 is 1. The lowest BCUT2D eigenvalue weighted by Crippen LogP contribution is -2.40. The predicted molar refractivity (Wildman–Crippen MR) is 141 cm³/mol. The fourth-order valence-electron chi connectivity index (χ4n) is 5.43. The van der Waals surface area contributed by atoms with Crippen molar-refractivity contribution in [3.63, 3.8) is 0 Å². The van der Waals surface area contributed by atoms with Gasteiger partial charge in [-0.15, -0.1) is 5.10 Å². The molecule has 0 saturated heterocycles. The molecule has 2 aromatic carbocycles. The lowest BCUT2D eigenvalue weighted by atomic mass is 9.89. The second kappa shape index (κ2) is 8.72. The van der Waals surface area contributed by atoms with Gasteiger partial charge >= 0.3 is 0 Å². The molecule has 5 rings (SSSR count). The molecule has 1 aliphatic heterocycles. The number of aryl methyl sites for hydroxylation is 1. The Morgan fingerprint density at radius 2 is 1.84 bits per heavy atom. The summed E-state index contributed by atoms with van der Waals surface area (Å²) in [5.74, 6) is -3.24. The Bertz CT molecular complexity index is 1400. The Balaban J connectivity index is 1.59. The number of aromatic nitrogens is 2. The Hall–Kier alpha value is -3.13. The molecule has 0 radical (unpaired) electrons. The molecule has 37 heavy (non-hydrogen) atoms. The molecule has 2 unspecified atom stereocenters. The zero-order valence-corrected chi connectivity index (χ0v) is 22.4. The fraction of sp³-hybridized carbons (Fsp3) is 0.483. The number of carbonyl (C=O) groups is 1. The molecule has 2 atom stereocenters. The molecule has 0 bridgehead atoms. The maximum atomic E-state index is 14.9. The van der Waals surface area contributed by atoms with E-state index in [2.05, 4.69) is 15.5 Å². The summed E-state index contributed by atoms with van der Waals surface area (Å²) in [5, 5.41) is 13.9. The van der Waals surface area contributed by atoms with Crippen LogP contribution in [0.5, 0.6) is 0 Å². The number of anilines is 2. The topological polar surface area (TPSA) is 67.3 Å². The summed E-state index contributed by atoms with van der Waals surface area (Å²) in [6.45, 7) is 10.4. The Morgan fingerprint density at radius 1 is 1.14 bits per heavy atom. The summed E-state index contributed by atoms with van der Waals surface area (Å²) >= 11 is 0. The van der Waals surface area contributed by atoms with Crippen LogP contribution in [0.15, 0.2) is 30.3 Å². The van der Waals surface area contributed by atoms with Gasteiger partial charge in [0, 0.05) is 41.0 Å². The van der Waals surface area contributed by atoms with Crippen molar-refractivity contribution in [3.05, 3.63) is 58.3 Å². The standard InChI is InChI=1S/C29H34F2N4O2/c1-15(2)29(30,31)23-10-8-9-20(16(23)3)17(4)32-26-22-14-25-24(13-21(22)18(5)33-34-26)28(6,37-7)27(36)35(25)19-11-12-19/h8-10,13-15,17,19H,11-12H2,1-7H3,(H,32,34). The minimum Gasteiger partial charge on any atom is -0.364 e. The molecule has 1 aromatic heterocycles. The van der Waals surface area contributed by atoms with Crippen LogP contribution in [0.25, 0.3) is 10.8 Å². The van der Waals surface area contributed by atoms with Gasteiger partial charge < -0.3 is 15.0 Å². The number of benzene rings is 2. The van der Waals surface area contributed by atoms with Crippen LogP contribution in [0.3, 0.4) is 0 Å². The minimum absolute atomic E-state index is 0.0451. The number of rotatable bonds is 7. The van der Waals surface area contributed by atoms with Crippen molar-refractivity contribution in [2.45, 2.75) is 78.0 Å². The highest BCUT2D eigenvalue weighted by Gasteiger charge is 2.52. The lowest BCUT2D eigenvalue weighted by molar-refractivity contribution is -0.137. The van der Waals surface area contributed by atoms with Crippen molar-refractivity contribution in [2.75, 3.05) is 17.3 Å². The van der Waals surface area contributed by atoms with Crippen LogP contribution in [0.2, 0.25) is 0 Å². The molecule has 1 N–H and O–H groups in total. The van der Waals surface area contributed by atoms with Gasteiger partial charge in [-0.05, 0) is 63.8 Å². The molecule has 3 aromatic rings. The highest BCUT2D eigenvalue weighted by atomic mass is 19.3. The van der Waals surface area contributed by atoms with E-state index in [0.29, 0.717) is 11.4 Å². The summed E-state index contributed by atoms with van der Waals surface area (Å²) in [6.07, 6.45) is 1.94. The summed E-state index contributed by atoms with van der Waals surface area (Å²) < 4.78 is 35.6. The number of fused-ring (bicyclic) bond motifs is 2. The van der Waals surface area contributed by atoms with Gasteiger partial charge in [0.25, 0.3) is 11.8 Å². The SMILES string of the molecule is COC1(C)C(=O)N(C2CC2)c2cc3c(NC(C)c4cccc(C(F)(F)C(C)C)c4C)nnc(C)c3cc21. The van der Waals surface area contributed by atoms with Crippen molar-refractivity contribution < 1.29 is 18.3 Å². The number of carbonyl (C=O) groups excluding carboxylic acids is 1. The van der Waals surface area contributed by atoms with Gasteiger partial charge in [-0.25, -0.2) is 8.78 Å². The molecule has 1 fully saturated rings. The third-order valence-corrected chi connectivity index (χ3v) is 8.08. The number of amides is 1. The number of ether oxygens (including phenoxy) is 1. The maximum Gasteiger partial charge on any atom is 0.275 e. The number of halogens is 2. The number of hydrogen-bond acceptors (Lipinski definition) is 5. The zero-order chi connectivity index (χ0) is 26.9. The van der Waals surface area contributed by atoms with Crippen LogP contribution >= 0.6 is 0 Å². The van der Waals surface area contributed by atoms with Gasteiger partial charge in [-0.3, -0.25) is 4.79 Å². The van der Waals surface area contributed by atoms with Crippen LogP contribution in [-0.2, 0) is 21.1 Å². The van der Waals surface area contributed by atoms with E-state index in [4.69, 9.17) is 4.74 Å². The predicted octanol–water partition coefficient (Wildman–Crippen LogP) is 6.54. The zero-order valence-electron chi connectivity index (χ0n) is 22.4. The van der Waals surface area contributed by atoms with E-state index in [1.165, 1.54) is 19.9 Å². The van der Waals surface area contributed by atoms with E-state index in [9.17, 15) is 13.6 Å². The highest BCUT2D eigenvalue weighted by molar-refractivity contribution is 6.11. The average Bonchev–Trinajstić information content (AvgIpc) is 3.67. The molecule has 1 saturated carbocycles. The van der Waals surface area contributed by atoms with Gasteiger partial charge in [-0.1, -0.05) is 32.0 Å². The molecular weight excluding hydrogens is 474 g/mol. The molecular formula is C29H34F2N4O2. The Kier molecular flexibility index (Phi) is 6.01.